The maximum absolute atomic E-state index is 11.2. The van der Waals surface area contributed by atoms with Crippen LogP contribution in [0.4, 0.5) is 0 Å². The normalized spacial score (nSPS) is 17.7. The fourth-order valence-electron chi connectivity index (χ4n) is 2.65. The minimum Gasteiger partial charge on any atom is -0.316 e. The maximum atomic E-state index is 11.2. The average Bonchev–Trinajstić information content (AvgIpc) is 2.42. The largest absolute Gasteiger partial charge is 0.316 e. The van der Waals surface area contributed by atoms with Crippen molar-refractivity contribution in [3.05, 3.63) is 30.1 Å². The van der Waals surface area contributed by atoms with Crippen molar-refractivity contribution in [2.45, 2.75) is 44.9 Å². The highest BCUT2D eigenvalue weighted by molar-refractivity contribution is 5.79. The Bertz CT molecular complexity index is 404. The molecule has 1 aliphatic carbocycles. The summed E-state index contributed by atoms with van der Waals surface area (Å²) in [5.41, 5.74) is 1.17. The molecule has 0 saturated heterocycles. The number of carbonyl (C=O) groups excluding carboxylic acids is 1. The van der Waals surface area contributed by atoms with Gasteiger partial charge < -0.3 is 5.32 Å². The second-order valence-corrected chi connectivity index (χ2v) is 6.21. The van der Waals surface area contributed by atoms with Crippen LogP contribution >= 0.6 is 0 Å². The van der Waals surface area contributed by atoms with Gasteiger partial charge in [0.1, 0.15) is 5.78 Å². The Balaban J connectivity index is 1.77. The average molecular weight is 260 g/mol. The first-order chi connectivity index (χ1) is 9.08. The summed E-state index contributed by atoms with van der Waals surface area (Å²) in [6, 6.07) is 6.07. The number of hydrogen-bond donors (Lipinski definition) is 1. The van der Waals surface area contributed by atoms with Crippen LogP contribution in [0.1, 0.15) is 45.2 Å². The molecule has 0 atom stereocenters. The van der Waals surface area contributed by atoms with Crippen LogP contribution < -0.4 is 5.32 Å². The molecule has 1 N–H and O–H groups in total. The number of hydrogen-bond acceptors (Lipinski definition) is 3. The molecule has 0 amide bonds. The van der Waals surface area contributed by atoms with Gasteiger partial charge in [0.2, 0.25) is 0 Å². The van der Waals surface area contributed by atoms with Crippen molar-refractivity contribution in [2.24, 2.45) is 5.92 Å². The van der Waals surface area contributed by atoms with Crippen molar-refractivity contribution in [2.75, 3.05) is 13.1 Å². The number of nitrogens with one attached hydrogen (secondary N) is 1. The zero-order chi connectivity index (χ0) is 13.7. The van der Waals surface area contributed by atoms with Gasteiger partial charge in [-0.05, 0) is 37.4 Å². The maximum Gasteiger partial charge on any atom is 0.132 e. The van der Waals surface area contributed by atoms with Gasteiger partial charge in [-0.3, -0.25) is 9.78 Å². The fraction of sp³-hybridized carbons (Fsp3) is 0.625. The van der Waals surface area contributed by atoms with E-state index in [1.165, 1.54) is 0 Å². The van der Waals surface area contributed by atoms with Gasteiger partial charge >= 0.3 is 0 Å². The topological polar surface area (TPSA) is 42.0 Å². The van der Waals surface area contributed by atoms with Crippen LogP contribution in [-0.2, 0) is 10.2 Å². The molecule has 3 nitrogen and oxygen atoms in total. The highest BCUT2D eigenvalue weighted by atomic mass is 16.1. The van der Waals surface area contributed by atoms with Gasteiger partial charge in [-0.25, -0.2) is 0 Å². The minimum absolute atomic E-state index is 0.0474. The molecule has 0 unspecified atom stereocenters. The smallest absolute Gasteiger partial charge is 0.132 e. The Morgan fingerprint density at radius 3 is 2.68 bits per heavy atom. The molecule has 1 aromatic heterocycles. The number of pyridine rings is 1. The van der Waals surface area contributed by atoms with Crippen LogP contribution in [0.3, 0.4) is 0 Å². The van der Waals surface area contributed by atoms with E-state index in [0.29, 0.717) is 11.7 Å². The summed E-state index contributed by atoms with van der Waals surface area (Å²) in [4.78, 5) is 15.6. The zero-order valence-corrected chi connectivity index (χ0v) is 12.0. The molecule has 2 rings (SSSR count). The second kappa shape index (κ2) is 6.29. The first-order valence-electron chi connectivity index (χ1n) is 7.22. The Morgan fingerprint density at radius 2 is 2.05 bits per heavy atom. The summed E-state index contributed by atoms with van der Waals surface area (Å²) in [5.74, 6) is 1.10. The van der Waals surface area contributed by atoms with Gasteiger partial charge in [0.15, 0.2) is 0 Å². The van der Waals surface area contributed by atoms with Crippen molar-refractivity contribution in [1.29, 1.82) is 0 Å². The summed E-state index contributed by atoms with van der Waals surface area (Å²) < 4.78 is 0. The van der Waals surface area contributed by atoms with Crippen LogP contribution in [0, 0.1) is 5.92 Å². The quantitative estimate of drug-likeness (QED) is 0.885. The molecule has 1 aliphatic rings. The van der Waals surface area contributed by atoms with Crippen molar-refractivity contribution < 1.29 is 4.79 Å². The van der Waals surface area contributed by atoms with Gasteiger partial charge in [0.05, 0.1) is 0 Å². The monoisotopic (exact) mass is 260 g/mol. The Morgan fingerprint density at radius 1 is 1.32 bits per heavy atom. The number of carbonyl (C=O) groups is 1. The SMILES string of the molecule is CC(C)(CNCC1CCC(=O)CC1)c1ccccn1. The van der Waals surface area contributed by atoms with Crippen LogP contribution in [0.15, 0.2) is 24.4 Å². The van der Waals surface area contributed by atoms with E-state index in [2.05, 4.69) is 30.2 Å². The predicted molar refractivity (Wildman–Crippen MR) is 77.1 cm³/mol. The molecule has 0 bridgehead atoms. The predicted octanol–water partition coefficient (Wildman–Crippen LogP) is 2.71. The van der Waals surface area contributed by atoms with E-state index in [9.17, 15) is 4.79 Å². The summed E-state index contributed by atoms with van der Waals surface area (Å²) >= 11 is 0. The molecule has 19 heavy (non-hydrogen) atoms. The lowest BCUT2D eigenvalue weighted by atomic mass is 9.86. The lowest BCUT2D eigenvalue weighted by Crippen LogP contribution is -2.37. The summed E-state index contributed by atoms with van der Waals surface area (Å²) in [6.45, 7) is 6.37. The molecular formula is C16H24N2O. The standard InChI is InChI=1S/C16H24N2O/c1-16(2,15-5-3-4-10-18-15)12-17-11-13-6-8-14(19)9-7-13/h3-5,10,13,17H,6-9,11-12H2,1-2H3. The molecule has 0 radical (unpaired) electrons. The molecule has 1 fully saturated rings. The Hall–Kier alpha value is -1.22. The lowest BCUT2D eigenvalue weighted by molar-refractivity contribution is -0.120. The molecule has 1 aromatic rings. The molecule has 1 saturated carbocycles. The van der Waals surface area contributed by atoms with Crippen LogP contribution in [0.5, 0.6) is 0 Å². The van der Waals surface area contributed by atoms with E-state index in [4.69, 9.17) is 0 Å². The molecule has 104 valence electrons. The lowest BCUT2D eigenvalue weighted by Gasteiger charge is -2.27. The first-order valence-corrected chi connectivity index (χ1v) is 7.22. The van der Waals surface area contributed by atoms with E-state index in [-0.39, 0.29) is 5.41 Å². The molecule has 0 aromatic carbocycles. The molecule has 0 aliphatic heterocycles. The third-order valence-electron chi connectivity index (χ3n) is 4.02. The molecule has 1 heterocycles. The zero-order valence-electron chi connectivity index (χ0n) is 12.0. The van der Waals surface area contributed by atoms with Crippen molar-refractivity contribution in [3.8, 4) is 0 Å². The third kappa shape index (κ3) is 4.13. The van der Waals surface area contributed by atoms with E-state index in [0.717, 1.165) is 44.5 Å². The van der Waals surface area contributed by atoms with Gasteiger partial charge in [-0.1, -0.05) is 19.9 Å². The molecule has 3 heteroatoms. The summed E-state index contributed by atoms with van der Waals surface area (Å²) in [6.07, 6.45) is 5.50. The molecule has 0 spiro atoms. The number of nitrogens with zero attached hydrogens (tertiary/aromatic N) is 1. The van der Waals surface area contributed by atoms with E-state index in [1.54, 1.807) is 0 Å². The first kappa shape index (κ1) is 14.2. The Labute approximate surface area is 115 Å². The van der Waals surface area contributed by atoms with Crippen molar-refractivity contribution in [3.63, 3.8) is 0 Å². The van der Waals surface area contributed by atoms with E-state index < -0.39 is 0 Å². The summed E-state index contributed by atoms with van der Waals surface area (Å²) in [7, 11) is 0. The summed E-state index contributed by atoms with van der Waals surface area (Å²) in [5, 5.41) is 3.56. The van der Waals surface area contributed by atoms with Gasteiger partial charge in [0, 0.05) is 36.7 Å². The molecular weight excluding hydrogens is 236 g/mol. The number of aromatic nitrogens is 1. The van der Waals surface area contributed by atoms with Crippen molar-refractivity contribution in [1.82, 2.24) is 10.3 Å². The fourth-order valence-corrected chi connectivity index (χ4v) is 2.65. The van der Waals surface area contributed by atoms with Crippen molar-refractivity contribution >= 4 is 5.78 Å². The minimum atomic E-state index is 0.0474. The highest BCUT2D eigenvalue weighted by Gasteiger charge is 2.23. The van der Waals surface area contributed by atoms with Crippen LogP contribution in [0.2, 0.25) is 0 Å². The van der Waals surface area contributed by atoms with Gasteiger partial charge in [0.25, 0.3) is 0 Å². The highest BCUT2D eigenvalue weighted by Crippen LogP contribution is 2.22. The van der Waals surface area contributed by atoms with E-state index >= 15 is 0 Å². The second-order valence-electron chi connectivity index (χ2n) is 6.21. The Kier molecular flexibility index (Phi) is 4.70. The van der Waals surface area contributed by atoms with Gasteiger partial charge in [-0.15, -0.1) is 0 Å². The number of ketones is 1. The van der Waals surface area contributed by atoms with Crippen LogP contribution in [0.25, 0.3) is 0 Å². The third-order valence-corrected chi connectivity index (χ3v) is 4.02. The van der Waals surface area contributed by atoms with Crippen LogP contribution in [-0.4, -0.2) is 23.9 Å². The van der Waals surface area contributed by atoms with Gasteiger partial charge in [-0.2, -0.15) is 0 Å². The van der Waals surface area contributed by atoms with E-state index in [1.807, 2.05) is 18.3 Å². The number of Topliss-reactive ketones (excluding diaryl/α,β-unsaturated/α-hetero) is 1. The number of rotatable bonds is 5.